The minimum Gasteiger partial charge on any atom is -0.437 e. The Kier molecular flexibility index (Phi) is 2.17. The summed E-state index contributed by atoms with van der Waals surface area (Å²) in [5.41, 5.74) is 0. The standard InChI is InChI=1S/C9H18BNO/c1-3-7-4-8-6-9(5-7)11(8)10(2)12/h7-9,12H,3-6H2,1-2H3. The Morgan fingerprint density at radius 2 is 1.92 bits per heavy atom. The molecule has 2 unspecified atom stereocenters. The molecule has 1 saturated carbocycles. The van der Waals surface area contributed by atoms with Gasteiger partial charge in [0.1, 0.15) is 0 Å². The first-order chi connectivity index (χ1) is 5.72. The van der Waals surface area contributed by atoms with E-state index in [9.17, 15) is 5.02 Å². The maximum atomic E-state index is 9.46. The lowest BCUT2D eigenvalue weighted by Gasteiger charge is -2.56. The summed E-state index contributed by atoms with van der Waals surface area (Å²) >= 11 is 0. The van der Waals surface area contributed by atoms with Gasteiger partial charge in [-0.15, -0.1) is 0 Å². The van der Waals surface area contributed by atoms with Crippen LogP contribution in [0, 0.1) is 5.92 Å². The summed E-state index contributed by atoms with van der Waals surface area (Å²) in [6.45, 7) is 4.17. The van der Waals surface area contributed by atoms with Crippen molar-refractivity contribution < 1.29 is 5.02 Å². The van der Waals surface area contributed by atoms with E-state index in [0.29, 0.717) is 12.1 Å². The molecule has 3 aliphatic rings. The highest BCUT2D eigenvalue weighted by Crippen LogP contribution is 2.42. The normalized spacial score (nSPS) is 40.8. The number of hydrogen-bond acceptors (Lipinski definition) is 2. The van der Waals surface area contributed by atoms with Crippen molar-refractivity contribution in [2.45, 2.75) is 51.5 Å². The molecular formula is C9H18BNO. The van der Waals surface area contributed by atoms with Gasteiger partial charge < -0.3 is 9.83 Å². The summed E-state index contributed by atoms with van der Waals surface area (Å²) < 4.78 is 0. The van der Waals surface area contributed by atoms with E-state index in [-0.39, 0.29) is 7.05 Å². The van der Waals surface area contributed by atoms with E-state index < -0.39 is 0 Å². The molecule has 1 aliphatic carbocycles. The fourth-order valence-electron chi connectivity index (χ4n) is 2.96. The molecule has 12 heavy (non-hydrogen) atoms. The fraction of sp³-hybridized carbons (Fsp3) is 1.00. The van der Waals surface area contributed by atoms with Gasteiger partial charge in [-0.2, -0.15) is 0 Å². The molecule has 0 spiro atoms. The molecule has 0 amide bonds. The minimum atomic E-state index is -0.216. The lowest BCUT2D eigenvalue weighted by atomic mass is 9.64. The van der Waals surface area contributed by atoms with Gasteiger partial charge >= 0.3 is 7.05 Å². The van der Waals surface area contributed by atoms with Crippen molar-refractivity contribution >= 4 is 7.05 Å². The lowest BCUT2D eigenvalue weighted by molar-refractivity contribution is 0.00369. The van der Waals surface area contributed by atoms with Gasteiger partial charge in [0.15, 0.2) is 0 Å². The number of piperidine rings is 1. The van der Waals surface area contributed by atoms with Crippen molar-refractivity contribution in [3.63, 3.8) is 0 Å². The average Bonchev–Trinajstić information content (AvgIpc) is 2.03. The summed E-state index contributed by atoms with van der Waals surface area (Å²) in [6, 6.07) is 1.40. The second-order valence-corrected chi connectivity index (χ2v) is 4.37. The molecule has 0 aromatic carbocycles. The Bertz CT molecular complexity index is 162. The van der Waals surface area contributed by atoms with E-state index in [1.807, 2.05) is 6.82 Å². The van der Waals surface area contributed by atoms with Gasteiger partial charge in [-0.1, -0.05) is 13.3 Å². The maximum absolute atomic E-state index is 9.46. The van der Waals surface area contributed by atoms with Gasteiger partial charge in [0.2, 0.25) is 0 Å². The van der Waals surface area contributed by atoms with Gasteiger partial charge in [0.05, 0.1) is 0 Å². The Morgan fingerprint density at radius 3 is 2.33 bits per heavy atom. The van der Waals surface area contributed by atoms with Crippen molar-refractivity contribution in [3.8, 4) is 0 Å². The van der Waals surface area contributed by atoms with E-state index in [0.717, 1.165) is 5.92 Å². The number of rotatable bonds is 2. The van der Waals surface area contributed by atoms with Gasteiger partial charge in [0.25, 0.3) is 0 Å². The predicted octanol–water partition coefficient (Wildman–Crippen LogP) is 1.36. The zero-order valence-corrected chi connectivity index (χ0v) is 8.03. The van der Waals surface area contributed by atoms with Crippen LogP contribution >= 0.6 is 0 Å². The molecule has 2 nitrogen and oxygen atoms in total. The highest BCUT2D eigenvalue weighted by atomic mass is 16.2. The average molecular weight is 167 g/mol. The second-order valence-electron chi connectivity index (χ2n) is 4.37. The lowest BCUT2D eigenvalue weighted by Crippen LogP contribution is -2.65. The maximum Gasteiger partial charge on any atom is 0.376 e. The van der Waals surface area contributed by atoms with E-state index >= 15 is 0 Å². The van der Waals surface area contributed by atoms with Crippen molar-refractivity contribution in [2.24, 2.45) is 5.92 Å². The van der Waals surface area contributed by atoms with Crippen molar-refractivity contribution in [3.05, 3.63) is 0 Å². The first-order valence-corrected chi connectivity index (χ1v) is 5.17. The van der Waals surface area contributed by atoms with Gasteiger partial charge in [0, 0.05) is 12.1 Å². The molecule has 3 rings (SSSR count). The molecule has 2 aliphatic heterocycles. The largest absolute Gasteiger partial charge is 0.437 e. The smallest absolute Gasteiger partial charge is 0.376 e. The molecular weight excluding hydrogens is 149 g/mol. The molecule has 0 radical (unpaired) electrons. The molecule has 3 fully saturated rings. The van der Waals surface area contributed by atoms with Crippen LogP contribution in [0.3, 0.4) is 0 Å². The zero-order valence-electron chi connectivity index (χ0n) is 8.03. The molecule has 0 aromatic heterocycles. The van der Waals surface area contributed by atoms with Gasteiger partial charge in [-0.3, -0.25) is 0 Å². The van der Waals surface area contributed by atoms with Crippen LogP contribution in [0.2, 0.25) is 6.82 Å². The third kappa shape index (κ3) is 1.19. The monoisotopic (exact) mass is 167 g/mol. The van der Waals surface area contributed by atoms with Gasteiger partial charge in [-0.25, -0.2) is 0 Å². The van der Waals surface area contributed by atoms with Crippen molar-refractivity contribution in [1.29, 1.82) is 0 Å². The van der Waals surface area contributed by atoms with Crippen LogP contribution in [0.5, 0.6) is 0 Å². The quantitative estimate of drug-likeness (QED) is 0.627. The van der Waals surface area contributed by atoms with Crippen LogP contribution in [0.1, 0.15) is 32.6 Å². The Morgan fingerprint density at radius 1 is 1.33 bits per heavy atom. The van der Waals surface area contributed by atoms with Gasteiger partial charge in [-0.05, 0) is 32.0 Å². The number of nitrogens with zero attached hydrogens (tertiary/aromatic N) is 1. The van der Waals surface area contributed by atoms with E-state index in [2.05, 4.69) is 11.7 Å². The van der Waals surface area contributed by atoms with Crippen LogP contribution in [-0.4, -0.2) is 29.0 Å². The molecule has 68 valence electrons. The van der Waals surface area contributed by atoms with E-state index in [1.54, 1.807) is 0 Å². The molecule has 0 aromatic rings. The molecule has 2 bridgehead atoms. The third-order valence-corrected chi connectivity index (χ3v) is 3.61. The highest BCUT2D eigenvalue weighted by Gasteiger charge is 2.47. The molecule has 2 atom stereocenters. The zero-order chi connectivity index (χ0) is 8.72. The SMILES string of the molecule is CCC1CC2CC(C1)N2B(C)O. The highest BCUT2D eigenvalue weighted by molar-refractivity contribution is 6.45. The molecule has 1 N–H and O–H groups in total. The summed E-state index contributed by atoms with van der Waals surface area (Å²) in [5.74, 6) is 0.934. The van der Waals surface area contributed by atoms with Crippen LogP contribution in [0.4, 0.5) is 0 Å². The van der Waals surface area contributed by atoms with Crippen LogP contribution < -0.4 is 0 Å². The first kappa shape index (κ1) is 8.58. The summed E-state index contributed by atoms with van der Waals surface area (Å²) in [7, 11) is -0.216. The fourth-order valence-corrected chi connectivity index (χ4v) is 2.96. The second kappa shape index (κ2) is 3.04. The topological polar surface area (TPSA) is 23.5 Å². The minimum absolute atomic E-state index is 0.216. The van der Waals surface area contributed by atoms with Crippen molar-refractivity contribution in [2.75, 3.05) is 0 Å². The van der Waals surface area contributed by atoms with Crippen molar-refractivity contribution in [1.82, 2.24) is 4.81 Å². The molecule has 2 heterocycles. The van der Waals surface area contributed by atoms with E-state index in [4.69, 9.17) is 0 Å². The summed E-state index contributed by atoms with van der Waals surface area (Å²) in [6.07, 6.45) is 5.29. The Labute approximate surface area is 75.1 Å². The molecule has 2 saturated heterocycles. The molecule has 3 heteroatoms. The van der Waals surface area contributed by atoms with E-state index in [1.165, 1.54) is 25.7 Å². The van der Waals surface area contributed by atoms with Crippen LogP contribution in [0.25, 0.3) is 0 Å². The summed E-state index contributed by atoms with van der Waals surface area (Å²) in [5, 5.41) is 9.46. The number of hydrogen-bond donors (Lipinski definition) is 1. The predicted molar refractivity (Wildman–Crippen MR) is 50.9 cm³/mol. The summed E-state index contributed by atoms with van der Waals surface area (Å²) in [4.78, 5) is 2.28. The Balaban J connectivity index is 1.94. The third-order valence-electron chi connectivity index (χ3n) is 3.61. The first-order valence-electron chi connectivity index (χ1n) is 5.17. The van der Waals surface area contributed by atoms with Crippen LogP contribution in [0.15, 0.2) is 0 Å². The van der Waals surface area contributed by atoms with Crippen LogP contribution in [-0.2, 0) is 0 Å². The Hall–Kier alpha value is -0.0151. The number of fused-ring (bicyclic) bond motifs is 2.